The normalized spacial score (nSPS) is 19.8. The Morgan fingerprint density at radius 3 is 1.80 bits per heavy atom. The van der Waals surface area contributed by atoms with Crippen molar-refractivity contribution in [2.24, 2.45) is 0 Å². The highest BCUT2D eigenvalue weighted by molar-refractivity contribution is 5.87. The molecular weight excluding hydrogens is 368 g/mol. The van der Waals surface area contributed by atoms with Gasteiger partial charge in [0, 0.05) is 25.7 Å². The quantitative estimate of drug-likeness (QED) is 0.614. The first-order valence-corrected chi connectivity index (χ1v) is 11.0. The lowest BCUT2D eigenvalue weighted by molar-refractivity contribution is -0.137. The predicted octanol–water partition coefficient (Wildman–Crippen LogP) is 4.87. The highest BCUT2D eigenvalue weighted by Crippen LogP contribution is 2.36. The number of benzene rings is 3. The summed E-state index contributed by atoms with van der Waals surface area (Å²) < 4.78 is 0. The first-order valence-electron chi connectivity index (χ1n) is 11.0. The van der Waals surface area contributed by atoms with Crippen molar-refractivity contribution in [3.05, 3.63) is 108 Å². The van der Waals surface area contributed by atoms with Gasteiger partial charge in [0.05, 0.1) is 12.0 Å². The average molecular weight is 397 g/mol. The van der Waals surface area contributed by atoms with Crippen LogP contribution in [0.25, 0.3) is 0 Å². The van der Waals surface area contributed by atoms with Gasteiger partial charge in [-0.3, -0.25) is 9.69 Å². The molecule has 0 aromatic heterocycles. The van der Waals surface area contributed by atoms with Crippen LogP contribution in [0.15, 0.2) is 91.0 Å². The third-order valence-electron chi connectivity index (χ3n) is 6.46. The lowest BCUT2D eigenvalue weighted by atomic mass is 9.88. The molecule has 1 atom stereocenters. The van der Waals surface area contributed by atoms with Gasteiger partial charge in [-0.15, -0.1) is 0 Å². The van der Waals surface area contributed by atoms with Gasteiger partial charge in [0.15, 0.2) is 0 Å². The van der Waals surface area contributed by atoms with Crippen LogP contribution in [0.4, 0.5) is 0 Å². The van der Waals surface area contributed by atoms with Crippen LogP contribution in [-0.4, -0.2) is 41.4 Å². The second kappa shape index (κ2) is 8.45. The molecule has 1 saturated carbocycles. The average Bonchev–Trinajstić information content (AvgIpc) is 3.66. The van der Waals surface area contributed by atoms with E-state index in [-0.39, 0.29) is 17.9 Å². The lowest BCUT2D eigenvalue weighted by Crippen LogP contribution is -2.52. The maximum absolute atomic E-state index is 14.1. The molecule has 1 saturated heterocycles. The fraction of sp³-hybridized carbons (Fsp3) is 0.296. The van der Waals surface area contributed by atoms with E-state index in [1.165, 1.54) is 18.4 Å². The summed E-state index contributed by atoms with van der Waals surface area (Å²) in [6, 6.07) is 31.8. The third kappa shape index (κ3) is 3.90. The Kier molecular flexibility index (Phi) is 5.37. The van der Waals surface area contributed by atoms with Crippen molar-refractivity contribution in [2.45, 2.75) is 30.8 Å². The second-order valence-electron chi connectivity index (χ2n) is 8.44. The van der Waals surface area contributed by atoms with Crippen molar-refractivity contribution >= 4 is 5.91 Å². The van der Waals surface area contributed by atoms with Crippen LogP contribution in [0, 0.1) is 0 Å². The van der Waals surface area contributed by atoms with Crippen molar-refractivity contribution in [3.63, 3.8) is 0 Å². The van der Waals surface area contributed by atoms with E-state index in [4.69, 9.17) is 0 Å². The number of carbonyl (C=O) groups is 1. The Morgan fingerprint density at radius 2 is 1.27 bits per heavy atom. The molecular formula is C27H28N2O. The number of nitrogens with zero attached hydrogens (tertiary/aromatic N) is 2. The lowest BCUT2D eigenvalue weighted by Gasteiger charge is -2.43. The molecule has 0 N–H and O–H groups in total. The summed E-state index contributed by atoms with van der Waals surface area (Å²) in [6.45, 7) is 2.68. The van der Waals surface area contributed by atoms with Gasteiger partial charge in [0.25, 0.3) is 0 Å². The van der Waals surface area contributed by atoms with Crippen molar-refractivity contribution < 1.29 is 4.79 Å². The van der Waals surface area contributed by atoms with Crippen LogP contribution in [-0.2, 0) is 4.79 Å². The third-order valence-corrected chi connectivity index (χ3v) is 6.46. The minimum Gasteiger partial charge on any atom is -0.332 e. The molecule has 30 heavy (non-hydrogen) atoms. The maximum atomic E-state index is 14.1. The van der Waals surface area contributed by atoms with Crippen LogP contribution in [0.3, 0.4) is 0 Å². The zero-order valence-corrected chi connectivity index (χ0v) is 17.2. The van der Waals surface area contributed by atoms with Crippen LogP contribution in [0.1, 0.15) is 41.5 Å². The van der Waals surface area contributed by atoms with Crippen molar-refractivity contribution in [1.29, 1.82) is 0 Å². The van der Waals surface area contributed by atoms with E-state index in [9.17, 15) is 4.79 Å². The van der Waals surface area contributed by atoms with Gasteiger partial charge in [-0.1, -0.05) is 91.0 Å². The number of amides is 1. The van der Waals surface area contributed by atoms with Gasteiger partial charge < -0.3 is 4.90 Å². The number of carbonyl (C=O) groups excluding carboxylic acids is 1. The largest absolute Gasteiger partial charge is 0.332 e. The molecule has 3 aromatic carbocycles. The molecule has 0 spiro atoms. The zero-order chi connectivity index (χ0) is 20.3. The summed E-state index contributed by atoms with van der Waals surface area (Å²) in [5, 5.41) is 0. The van der Waals surface area contributed by atoms with Crippen LogP contribution in [0.2, 0.25) is 0 Å². The summed E-state index contributed by atoms with van der Waals surface area (Å²) in [5.41, 5.74) is 3.35. The summed E-state index contributed by atoms with van der Waals surface area (Å²) in [5.74, 6) is -0.0669. The highest BCUT2D eigenvalue weighted by atomic mass is 16.2. The molecule has 2 aliphatic rings. The predicted molar refractivity (Wildman–Crippen MR) is 120 cm³/mol. The molecule has 3 nitrogen and oxygen atoms in total. The smallest absolute Gasteiger partial charge is 0.235 e. The van der Waals surface area contributed by atoms with Gasteiger partial charge in [0.2, 0.25) is 5.91 Å². The molecule has 2 fully saturated rings. The van der Waals surface area contributed by atoms with Crippen molar-refractivity contribution in [3.8, 4) is 0 Å². The summed E-state index contributed by atoms with van der Waals surface area (Å²) >= 11 is 0. The van der Waals surface area contributed by atoms with Gasteiger partial charge in [-0.25, -0.2) is 0 Å². The van der Waals surface area contributed by atoms with E-state index in [0.717, 1.165) is 30.8 Å². The Morgan fingerprint density at radius 1 is 0.733 bits per heavy atom. The minimum absolute atomic E-state index is 0.1000. The molecule has 1 heterocycles. The molecule has 1 aliphatic heterocycles. The van der Waals surface area contributed by atoms with Gasteiger partial charge >= 0.3 is 0 Å². The molecule has 5 rings (SSSR count). The zero-order valence-electron chi connectivity index (χ0n) is 17.2. The summed E-state index contributed by atoms with van der Waals surface area (Å²) in [7, 11) is 0. The minimum atomic E-state index is -0.272. The molecule has 1 amide bonds. The van der Waals surface area contributed by atoms with E-state index in [2.05, 4.69) is 58.3 Å². The van der Waals surface area contributed by atoms with Gasteiger partial charge in [0.1, 0.15) is 0 Å². The van der Waals surface area contributed by atoms with Crippen LogP contribution >= 0.6 is 0 Å². The molecule has 0 bridgehead atoms. The Hall–Kier alpha value is -2.91. The molecule has 1 aliphatic carbocycles. The van der Waals surface area contributed by atoms with Crippen molar-refractivity contribution in [2.75, 3.05) is 19.6 Å². The van der Waals surface area contributed by atoms with Crippen LogP contribution < -0.4 is 0 Å². The standard InChI is InChI=1S/C27H28N2O/c30-27(26(22-12-6-2-7-13-22)23-14-8-3-9-15-23)29-19-18-28(24-16-17-24)20-25(29)21-10-4-1-5-11-21/h1-15,24-26H,16-20H2. The number of piperazine rings is 1. The topological polar surface area (TPSA) is 23.6 Å². The molecule has 152 valence electrons. The molecule has 1 unspecified atom stereocenters. The number of hydrogen-bond donors (Lipinski definition) is 0. The fourth-order valence-corrected chi connectivity index (χ4v) is 4.73. The fourth-order valence-electron chi connectivity index (χ4n) is 4.73. The Labute approximate surface area is 178 Å². The molecule has 3 heteroatoms. The molecule has 3 aromatic rings. The summed E-state index contributed by atoms with van der Waals surface area (Å²) in [6.07, 6.45) is 2.60. The van der Waals surface area contributed by atoms with E-state index in [1.807, 2.05) is 42.5 Å². The van der Waals surface area contributed by atoms with E-state index in [0.29, 0.717) is 6.04 Å². The monoisotopic (exact) mass is 396 g/mol. The van der Waals surface area contributed by atoms with Gasteiger partial charge in [-0.05, 0) is 29.5 Å². The van der Waals surface area contributed by atoms with E-state index >= 15 is 0 Å². The van der Waals surface area contributed by atoms with Gasteiger partial charge in [-0.2, -0.15) is 0 Å². The number of hydrogen-bond acceptors (Lipinski definition) is 2. The van der Waals surface area contributed by atoms with Crippen LogP contribution in [0.5, 0.6) is 0 Å². The highest BCUT2D eigenvalue weighted by Gasteiger charge is 2.40. The van der Waals surface area contributed by atoms with E-state index < -0.39 is 0 Å². The van der Waals surface area contributed by atoms with E-state index in [1.54, 1.807) is 0 Å². The SMILES string of the molecule is O=C(C(c1ccccc1)c1ccccc1)N1CCN(C2CC2)CC1c1ccccc1. The first-order chi connectivity index (χ1) is 14.8. The Bertz CT molecular complexity index is 930. The first kappa shape index (κ1) is 19.1. The van der Waals surface area contributed by atoms with Crippen molar-refractivity contribution in [1.82, 2.24) is 9.80 Å². The summed E-state index contributed by atoms with van der Waals surface area (Å²) in [4.78, 5) is 18.8. The number of rotatable bonds is 5. The molecule has 0 radical (unpaired) electrons. The second-order valence-corrected chi connectivity index (χ2v) is 8.44. The Balaban J connectivity index is 1.51. The maximum Gasteiger partial charge on any atom is 0.235 e.